The van der Waals surface area contributed by atoms with E-state index in [4.69, 9.17) is 0 Å². The fourth-order valence-electron chi connectivity index (χ4n) is 3.43. The molecular weight excluding hydrogens is 271 g/mol. The largest absolute Gasteiger partial charge is 0.391 e. The molecule has 0 radical (unpaired) electrons. The molecule has 112 valence electrons. The van der Waals surface area contributed by atoms with Crippen molar-refractivity contribution in [1.82, 2.24) is 5.32 Å². The maximum atomic E-state index is 12.6. The van der Waals surface area contributed by atoms with Crippen LogP contribution in [0, 0.1) is 5.92 Å². The third kappa shape index (κ3) is 4.03. The van der Waals surface area contributed by atoms with E-state index in [2.05, 4.69) is 11.6 Å². The van der Waals surface area contributed by atoms with Crippen LogP contribution in [0.2, 0.25) is 0 Å². The van der Waals surface area contributed by atoms with Crippen molar-refractivity contribution < 1.29 is 13.2 Å². The van der Waals surface area contributed by atoms with Crippen LogP contribution in [0.3, 0.4) is 0 Å². The SMILES string of the molecule is CSC1(CNC2CCC(C(F)(F)F)CC2)CCCC1. The van der Waals surface area contributed by atoms with E-state index in [0.29, 0.717) is 36.5 Å². The second kappa shape index (κ2) is 6.25. The molecule has 0 amide bonds. The molecule has 5 heteroatoms. The average Bonchev–Trinajstić information content (AvgIpc) is 2.85. The minimum atomic E-state index is -3.99. The number of alkyl halides is 3. The van der Waals surface area contributed by atoms with Crippen molar-refractivity contribution in [2.24, 2.45) is 5.92 Å². The van der Waals surface area contributed by atoms with Crippen molar-refractivity contribution in [2.75, 3.05) is 12.8 Å². The molecule has 0 heterocycles. The molecule has 0 bridgehead atoms. The van der Waals surface area contributed by atoms with E-state index in [9.17, 15) is 13.2 Å². The molecule has 0 saturated heterocycles. The summed E-state index contributed by atoms with van der Waals surface area (Å²) in [7, 11) is 0. The third-order valence-electron chi connectivity index (χ3n) is 4.85. The number of rotatable bonds is 4. The van der Waals surface area contributed by atoms with Crippen molar-refractivity contribution in [2.45, 2.75) is 68.3 Å². The fraction of sp³-hybridized carbons (Fsp3) is 1.00. The Labute approximate surface area is 118 Å². The number of thioether (sulfide) groups is 1. The zero-order valence-corrected chi connectivity index (χ0v) is 12.4. The van der Waals surface area contributed by atoms with E-state index in [0.717, 1.165) is 6.54 Å². The molecule has 1 N–H and O–H groups in total. The summed E-state index contributed by atoms with van der Waals surface area (Å²) >= 11 is 1.93. The Morgan fingerprint density at radius 2 is 1.68 bits per heavy atom. The first kappa shape index (κ1) is 15.5. The number of hydrogen-bond acceptors (Lipinski definition) is 2. The van der Waals surface area contributed by atoms with E-state index >= 15 is 0 Å². The van der Waals surface area contributed by atoms with Crippen LogP contribution in [-0.4, -0.2) is 29.8 Å². The zero-order valence-electron chi connectivity index (χ0n) is 11.6. The molecule has 0 spiro atoms. The summed E-state index contributed by atoms with van der Waals surface area (Å²) in [6.45, 7) is 0.968. The van der Waals surface area contributed by atoms with E-state index in [1.165, 1.54) is 25.7 Å². The van der Waals surface area contributed by atoms with Gasteiger partial charge in [-0.05, 0) is 44.8 Å². The Kier molecular flexibility index (Phi) is 5.09. The van der Waals surface area contributed by atoms with Crippen LogP contribution >= 0.6 is 11.8 Å². The van der Waals surface area contributed by atoms with Gasteiger partial charge in [0, 0.05) is 17.3 Å². The molecule has 2 rings (SSSR count). The van der Waals surface area contributed by atoms with Crippen molar-refractivity contribution in [3.8, 4) is 0 Å². The molecule has 0 aromatic carbocycles. The van der Waals surface area contributed by atoms with Gasteiger partial charge in [0.1, 0.15) is 0 Å². The van der Waals surface area contributed by atoms with Gasteiger partial charge < -0.3 is 5.32 Å². The highest BCUT2D eigenvalue weighted by Gasteiger charge is 2.41. The van der Waals surface area contributed by atoms with Crippen molar-refractivity contribution in [3.05, 3.63) is 0 Å². The molecule has 1 nitrogen and oxygen atoms in total. The highest BCUT2D eigenvalue weighted by atomic mass is 32.2. The molecule has 0 atom stereocenters. The number of nitrogens with one attached hydrogen (secondary N) is 1. The van der Waals surface area contributed by atoms with E-state index in [-0.39, 0.29) is 0 Å². The van der Waals surface area contributed by atoms with Crippen LogP contribution in [0.1, 0.15) is 51.4 Å². The van der Waals surface area contributed by atoms with Gasteiger partial charge in [-0.15, -0.1) is 0 Å². The average molecular weight is 295 g/mol. The lowest BCUT2D eigenvalue weighted by molar-refractivity contribution is -0.182. The van der Waals surface area contributed by atoms with Gasteiger partial charge in [0.25, 0.3) is 0 Å². The maximum Gasteiger partial charge on any atom is 0.391 e. The van der Waals surface area contributed by atoms with E-state index < -0.39 is 12.1 Å². The minimum Gasteiger partial charge on any atom is -0.313 e. The zero-order chi connectivity index (χ0) is 13.9. The van der Waals surface area contributed by atoms with Crippen molar-refractivity contribution >= 4 is 11.8 Å². The topological polar surface area (TPSA) is 12.0 Å². The minimum absolute atomic E-state index is 0.295. The van der Waals surface area contributed by atoms with Crippen LogP contribution < -0.4 is 5.32 Å². The predicted molar refractivity (Wildman–Crippen MR) is 74.5 cm³/mol. The van der Waals surface area contributed by atoms with Gasteiger partial charge in [-0.3, -0.25) is 0 Å². The number of hydrogen-bond donors (Lipinski definition) is 1. The van der Waals surface area contributed by atoms with Crippen molar-refractivity contribution in [1.29, 1.82) is 0 Å². The van der Waals surface area contributed by atoms with Gasteiger partial charge >= 0.3 is 6.18 Å². The van der Waals surface area contributed by atoms with Crippen LogP contribution in [0.4, 0.5) is 13.2 Å². The van der Waals surface area contributed by atoms with Gasteiger partial charge in [-0.25, -0.2) is 0 Å². The van der Waals surface area contributed by atoms with Crippen LogP contribution in [0.15, 0.2) is 0 Å². The monoisotopic (exact) mass is 295 g/mol. The van der Waals surface area contributed by atoms with Crippen LogP contribution in [0.25, 0.3) is 0 Å². The molecule has 2 fully saturated rings. The second-order valence-electron chi connectivity index (χ2n) is 6.07. The molecule has 0 aromatic rings. The van der Waals surface area contributed by atoms with Crippen molar-refractivity contribution in [3.63, 3.8) is 0 Å². The Hall–Kier alpha value is 0.100. The van der Waals surface area contributed by atoms with Crippen LogP contribution in [0.5, 0.6) is 0 Å². The Bertz CT molecular complexity index is 279. The molecule has 0 unspecified atom stereocenters. The van der Waals surface area contributed by atoms with E-state index in [1.807, 2.05) is 11.8 Å². The Balaban J connectivity index is 1.74. The molecule has 19 heavy (non-hydrogen) atoms. The Morgan fingerprint density at radius 3 is 2.16 bits per heavy atom. The quantitative estimate of drug-likeness (QED) is 0.826. The number of halogens is 3. The lowest BCUT2D eigenvalue weighted by atomic mass is 9.85. The molecule has 2 aliphatic rings. The fourth-order valence-corrected chi connectivity index (χ4v) is 4.35. The van der Waals surface area contributed by atoms with Gasteiger partial charge in [0.05, 0.1) is 5.92 Å². The first-order valence-corrected chi connectivity index (χ1v) is 8.53. The standard InChI is InChI=1S/C14H24F3NS/c1-19-13(8-2-3-9-13)10-18-12-6-4-11(5-7-12)14(15,16)17/h11-12,18H,2-10H2,1H3. The Morgan fingerprint density at radius 1 is 1.11 bits per heavy atom. The maximum absolute atomic E-state index is 12.6. The second-order valence-corrected chi connectivity index (χ2v) is 7.34. The highest BCUT2D eigenvalue weighted by Crippen LogP contribution is 2.41. The molecule has 0 aromatic heterocycles. The summed E-state index contributed by atoms with van der Waals surface area (Å²) in [6, 6.07) is 0.295. The summed E-state index contributed by atoms with van der Waals surface area (Å²) in [5.41, 5.74) is 0. The lowest BCUT2D eigenvalue weighted by Gasteiger charge is -2.34. The lowest BCUT2D eigenvalue weighted by Crippen LogP contribution is -2.43. The van der Waals surface area contributed by atoms with E-state index in [1.54, 1.807) is 0 Å². The first-order valence-electron chi connectivity index (χ1n) is 7.30. The summed E-state index contributed by atoms with van der Waals surface area (Å²) < 4.78 is 38.1. The highest BCUT2D eigenvalue weighted by molar-refractivity contribution is 8.00. The van der Waals surface area contributed by atoms with Gasteiger partial charge in [0.15, 0.2) is 0 Å². The van der Waals surface area contributed by atoms with Gasteiger partial charge in [-0.1, -0.05) is 12.8 Å². The molecule has 0 aliphatic heterocycles. The normalized spacial score (nSPS) is 31.6. The molecule has 2 saturated carbocycles. The van der Waals surface area contributed by atoms with Gasteiger partial charge in [0.2, 0.25) is 0 Å². The third-order valence-corrected chi connectivity index (χ3v) is 6.27. The summed E-state index contributed by atoms with van der Waals surface area (Å²) in [4.78, 5) is 0. The molecular formula is C14H24F3NS. The van der Waals surface area contributed by atoms with Gasteiger partial charge in [-0.2, -0.15) is 24.9 Å². The smallest absolute Gasteiger partial charge is 0.313 e. The summed E-state index contributed by atoms with van der Waals surface area (Å²) in [5.74, 6) is -1.06. The summed E-state index contributed by atoms with van der Waals surface area (Å²) in [5, 5.41) is 3.54. The summed E-state index contributed by atoms with van der Waals surface area (Å²) in [6.07, 6.45) is 5.21. The molecule has 2 aliphatic carbocycles. The van der Waals surface area contributed by atoms with Crippen LogP contribution in [-0.2, 0) is 0 Å². The first-order chi connectivity index (χ1) is 8.95. The predicted octanol–water partition coefficient (Wildman–Crippen LogP) is 4.37.